The zero-order chi connectivity index (χ0) is 9.42. The van der Waals surface area contributed by atoms with Crippen molar-refractivity contribution in [2.24, 2.45) is 0 Å². The molecule has 0 saturated heterocycles. The fourth-order valence-electron chi connectivity index (χ4n) is 1.13. The predicted octanol–water partition coefficient (Wildman–Crippen LogP) is 1.94. The summed E-state index contributed by atoms with van der Waals surface area (Å²) >= 11 is 5.70. The van der Waals surface area contributed by atoms with E-state index in [0.29, 0.717) is 11.8 Å². The molecular weight excluding hydrogens is 195 g/mol. The van der Waals surface area contributed by atoms with Gasteiger partial charge in [0.2, 0.25) is 0 Å². The van der Waals surface area contributed by atoms with Gasteiger partial charge in [-0.1, -0.05) is 11.6 Å². The maximum Gasteiger partial charge on any atom is 0.186 e. The summed E-state index contributed by atoms with van der Waals surface area (Å²) in [6, 6.07) is 2.73. The molecule has 3 nitrogen and oxygen atoms in total. The maximum absolute atomic E-state index is 12.8. The number of rotatable bonds is 1. The number of carbonyl (C=O) groups is 1. The number of carbonyl (C=O) groups excluding carboxylic acids is 1. The summed E-state index contributed by atoms with van der Waals surface area (Å²) < 4.78 is 14.1. The molecule has 0 unspecified atom stereocenters. The van der Waals surface area contributed by atoms with Crippen LogP contribution in [-0.4, -0.2) is 15.7 Å². The molecule has 0 aliphatic rings. The average Bonchev–Trinajstić information content (AvgIpc) is 2.42. The number of fused-ring (bicyclic) bond motifs is 1. The first-order valence-electron chi connectivity index (χ1n) is 3.50. The Morgan fingerprint density at radius 1 is 1.54 bits per heavy atom. The standard InChI is InChI=1S/C8H4ClFN2O/c9-8-6-2-1-5(10)3-12(6)7(4-13)11-8/h1-4H. The van der Waals surface area contributed by atoms with Crippen molar-refractivity contribution < 1.29 is 9.18 Å². The van der Waals surface area contributed by atoms with Crippen molar-refractivity contribution in [3.63, 3.8) is 0 Å². The van der Waals surface area contributed by atoms with Crippen molar-refractivity contribution in [2.75, 3.05) is 0 Å². The molecule has 2 aromatic rings. The van der Waals surface area contributed by atoms with Gasteiger partial charge in [0.15, 0.2) is 17.3 Å². The summed E-state index contributed by atoms with van der Waals surface area (Å²) in [7, 11) is 0. The molecule has 0 radical (unpaired) electrons. The molecule has 0 bridgehead atoms. The molecule has 0 aliphatic carbocycles. The van der Waals surface area contributed by atoms with Gasteiger partial charge in [0.05, 0.1) is 5.52 Å². The number of halogens is 2. The second-order valence-electron chi connectivity index (χ2n) is 2.48. The Hall–Kier alpha value is -1.42. The Balaban J connectivity index is 2.89. The van der Waals surface area contributed by atoms with E-state index in [0.717, 1.165) is 6.20 Å². The van der Waals surface area contributed by atoms with E-state index in [4.69, 9.17) is 11.6 Å². The minimum Gasteiger partial charge on any atom is -0.294 e. The summed E-state index contributed by atoms with van der Waals surface area (Å²) in [5.41, 5.74) is 0.519. The first-order chi connectivity index (χ1) is 6.22. The molecule has 2 rings (SSSR count). The lowest BCUT2D eigenvalue weighted by molar-refractivity contribution is 0.111. The van der Waals surface area contributed by atoms with Gasteiger partial charge in [0, 0.05) is 6.20 Å². The van der Waals surface area contributed by atoms with Gasteiger partial charge in [-0.3, -0.25) is 9.20 Å². The second-order valence-corrected chi connectivity index (χ2v) is 2.84. The average molecular weight is 199 g/mol. The highest BCUT2D eigenvalue weighted by molar-refractivity contribution is 6.32. The number of nitrogens with zero attached hydrogens (tertiary/aromatic N) is 2. The third kappa shape index (κ3) is 1.19. The van der Waals surface area contributed by atoms with Crippen LogP contribution < -0.4 is 0 Å². The monoisotopic (exact) mass is 198 g/mol. The van der Waals surface area contributed by atoms with Crippen molar-refractivity contribution in [3.05, 3.63) is 35.1 Å². The van der Waals surface area contributed by atoms with E-state index >= 15 is 0 Å². The predicted molar refractivity (Wildman–Crippen MR) is 45.5 cm³/mol. The quantitative estimate of drug-likeness (QED) is 0.657. The van der Waals surface area contributed by atoms with E-state index < -0.39 is 5.82 Å². The third-order valence-electron chi connectivity index (χ3n) is 1.69. The van der Waals surface area contributed by atoms with Crippen LogP contribution in [0.15, 0.2) is 18.3 Å². The van der Waals surface area contributed by atoms with Gasteiger partial charge in [-0.05, 0) is 12.1 Å². The van der Waals surface area contributed by atoms with Crippen molar-refractivity contribution in [1.82, 2.24) is 9.38 Å². The Bertz CT molecular complexity index is 480. The zero-order valence-electron chi connectivity index (χ0n) is 6.37. The number of pyridine rings is 1. The van der Waals surface area contributed by atoms with E-state index in [1.165, 1.54) is 16.5 Å². The van der Waals surface area contributed by atoms with Crippen LogP contribution in [0.3, 0.4) is 0 Å². The highest BCUT2D eigenvalue weighted by Crippen LogP contribution is 2.17. The van der Waals surface area contributed by atoms with Gasteiger partial charge in [0.25, 0.3) is 0 Å². The molecule has 0 spiro atoms. The molecule has 0 atom stereocenters. The highest BCUT2D eigenvalue weighted by Gasteiger charge is 2.08. The summed E-state index contributed by atoms with van der Waals surface area (Å²) in [4.78, 5) is 14.2. The largest absolute Gasteiger partial charge is 0.294 e. The molecule has 0 aliphatic heterocycles. The van der Waals surface area contributed by atoms with Crippen LogP contribution in [0.2, 0.25) is 5.15 Å². The highest BCUT2D eigenvalue weighted by atomic mass is 35.5. The molecule has 0 aromatic carbocycles. The minimum absolute atomic E-state index is 0.0968. The SMILES string of the molecule is O=Cc1nc(Cl)c2ccc(F)cn12. The first-order valence-corrected chi connectivity index (χ1v) is 3.88. The van der Waals surface area contributed by atoms with Crippen LogP contribution in [0.1, 0.15) is 10.6 Å². The lowest BCUT2D eigenvalue weighted by Crippen LogP contribution is -1.92. The lowest BCUT2D eigenvalue weighted by Gasteiger charge is -1.94. The van der Waals surface area contributed by atoms with Crippen LogP contribution in [0.5, 0.6) is 0 Å². The summed E-state index contributed by atoms with van der Waals surface area (Å²) in [5, 5.41) is 0.196. The molecule has 0 N–H and O–H groups in total. The molecule has 0 fully saturated rings. The topological polar surface area (TPSA) is 34.4 Å². The van der Waals surface area contributed by atoms with Gasteiger partial charge >= 0.3 is 0 Å². The third-order valence-corrected chi connectivity index (χ3v) is 1.97. The smallest absolute Gasteiger partial charge is 0.186 e. The van der Waals surface area contributed by atoms with Gasteiger partial charge in [0.1, 0.15) is 5.82 Å². The van der Waals surface area contributed by atoms with E-state index in [-0.39, 0.29) is 11.0 Å². The van der Waals surface area contributed by atoms with E-state index in [2.05, 4.69) is 4.98 Å². The van der Waals surface area contributed by atoms with Crippen molar-refractivity contribution >= 4 is 23.4 Å². The van der Waals surface area contributed by atoms with Gasteiger partial charge in [-0.15, -0.1) is 0 Å². The Morgan fingerprint density at radius 2 is 2.31 bits per heavy atom. The van der Waals surface area contributed by atoms with E-state index in [1.807, 2.05) is 0 Å². The van der Waals surface area contributed by atoms with Crippen LogP contribution in [0.4, 0.5) is 4.39 Å². The normalized spacial score (nSPS) is 10.6. The van der Waals surface area contributed by atoms with Gasteiger partial charge in [-0.2, -0.15) is 0 Å². The Kier molecular flexibility index (Phi) is 1.77. The molecule has 66 valence electrons. The molecule has 13 heavy (non-hydrogen) atoms. The molecular formula is C8H4ClFN2O. The van der Waals surface area contributed by atoms with Crippen molar-refractivity contribution in [3.8, 4) is 0 Å². The number of hydrogen-bond donors (Lipinski definition) is 0. The zero-order valence-corrected chi connectivity index (χ0v) is 7.12. The van der Waals surface area contributed by atoms with Crippen molar-refractivity contribution in [1.29, 1.82) is 0 Å². The number of hydrogen-bond acceptors (Lipinski definition) is 2. The molecule has 0 amide bonds. The second kappa shape index (κ2) is 2.81. The molecule has 5 heteroatoms. The fraction of sp³-hybridized carbons (Fsp3) is 0. The molecule has 2 aromatic heterocycles. The van der Waals surface area contributed by atoms with Crippen LogP contribution in [-0.2, 0) is 0 Å². The van der Waals surface area contributed by atoms with Crippen LogP contribution >= 0.6 is 11.6 Å². The van der Waals surface area contributed by atoms with Crippen LogP contribution in [0.25, 0.3) is 5.52 Å². The lowest BCUT2D eigenvalue weighted by atomic mass is 10.4. The number of imidazole rings is 1. The summed E-state index contributed by atoms with van der Waals surface area (Å²) in [6.45, 7) is 0. The fourth-order valence-corrected chi connectivity index (χ4v) is 1.37. The number of aldehydes is 1. The van der Waals surface area contributed by atoms with Crippen LogP contribution in [0, 0.1) is 5.82 Å². The van der Waals surface area contributed by atoms with E-state index in [1.54, 1.807) is 0 Å². The molecule has 2 heterocycles. The molecule has 0 saturated carbocycles. The van der Waals surface area contributed by atoms with Gasteiger partial charge in [-0.25, -0.2) is 9.37 Å². The summed E-state index contributed by atoms with van der Waals surface area (Å²) in [5.74, 6) is -0.343. The maximum atomic E-state index is 12.8. The number of aromatic nitrogens is 2. The minimum atomic E-state index is -0.440. The Morgan fingerprint density at radius 3 is 3.00 bits per heavy atom. The van der Waals surface area contributed by atoms with Gasteiger partial charge < -0.3 is 0 Å². The Labute approximate surface area is 77.8 Å². The summed E-state index contributed by atoms with van der Waals surface area (Å²) in [6.07, 6.45) is 1.69. The van der Waals surface area contributed by atoms with Crippen molar-refractivity contribution in [2.45, 2.75) is 0 Å². The van der Waals surface area contributed by atoms with E-state index in [9.17, 15) is 9.18 Å². The first kappa shape index (κ1) is 8.19.